The van der Waals surface area contributed by atoms with Gasteiger partial charge in [-0.25, -0.2) is 0 Å². The molecule has 0 bridgehead atoms. The Hall–Kier alpha value is -2.96. The molecule has 0 radical (unpaired) electrons. The van der Waals surface area contributed by atoms with Crippen molar-refractivity contribution in [2.45, 2.75) is 69.1 Å². The molecule has 2 aliphatic rings. The number of para-hydroxylation sites is 1. The monoisotopic (exact) mass is 570 g/mol. The molecule has 3 aromatic carbocycles. The molecule has 1 heterocycles. The molecule has 6 heteroatoms. The molecule has 1 aliphatic carbocycles. The van der Waals surface area contributed by atoms with Gasteiger partial charge in [0.25, 0.3) is 11.8 Å². The highest BCUT2D eigenvalue weighted by atomic mass is 32.2. The molecule has 1 fully saturated rings. The fourth-order valence-corrected chi connectivity index (χ4v) is 7.67. The highest BCUT2D eigenvalue weighted by molar-refractivity contribution is 8.04. The molecular weight excluding hydrogens is 533 g/mol. The van der Waals surface area contributed by atoms with Gasteiger partial charge >= 0.3 is 0 Å². The van der Waals surface area contributed by atoms with Crippen LogP contribution >= 0.6 is 23.5 Å². The minimum Gasteiger partial charge on any atom is -0.352 e. The lowest BCUT2D eigenvalue weighted by molar-refractivity contribution is -0.114. The van der Waals surface area contributed by atoms with E-state index in [9.17, 15) is 9.59 Å². The number of aryl methyl sites for hydroxylation is 2. The third-order valence-corrected chi connectivity index (χ3v) is 10.2. The molecular formula is C34H38N2O2S2. The van der Waals surface area contributed by atoms with E-state index < -0.39 is 0 Å². The Morgan fingerprint density at radius 1 is 1.02 bits per heavy atom. The first-order chi connectivity index (χ1) is 19.5. The van der Waals surface area contributed by atoms with Crippen molar-refractivity contribution in [2.75, 3.05) is 17.2 Å². The Morgan fingerprint density at radius 3 is 2.60 bits per heavy atom. The Kier molecular flexibility index (Phi) is 9.71. The van der Waals surface area contributed by atoms with Crippen LogP contribution in [0.1, 0.15) is 71.1 Å². The van der Waals surface area contributed by atoms with E-state index in [0.29, 0.717) is 23.6 Å². The summed E-state index contributed by atoms with van der Waals surface area (Å²) in [6, 6.07) is 22.0. The number of amides is 2. The van der Waals surface area contributed by atoms with Crippen LogP contribution in [0, 0.1) is 13.8 Å². The first-order valence-electron chi connectivity index (χ1n) is 14.3. The summed E-state index contributed by atoms with van der Waals surface area (Å²) in [6.07, 6.45) is 9.75. The molecule has 40 heavy (non-hydrogen) atoms. The van der Waals surface area contributed by atoms with Crippen LogP contribution in [0.15, 0.2) is 76.5 Å². The predicted octanol–water partition coefficient (Wildman–Crippen LogP) is 8.17. The number of benzene rings is 3. The fraction of sp³-hybridized carbons (Fsp3) is 0.353. The molecule has 0 unspecified atom stereocenters. The molecule has 0 spiro atoms. The molecule has 4 nitrogen and oxygen atoms in total. The van der Waals surface area contributed by atoms with Crippen LogP contribution in [-0.2, 0) is 11.3 Å². The van der Waals surface area contributed by atoms with Gasteiger partial charge in [0, 0.05) is 22.3 Å². The highest BCUT2D eigenvalue weighted by Gasteiger charge is 2.29. The van der Waals surface area contributed by atoms with Crippen molar-refractivity contribution in [2.24, 2.45) is 0 Å². The minimum atomic E-state index is -0.0429. The van der Waals surface area contributed by atoms with Gasteiger partial charge in [0.15, 0.2) is 0 Å². The van der Waals surface area contributed by atoms with E-state index in [4.69, 9.17) is 0 Å². The molecule has 0 saturated heterocycles. The van der Waals surface area contributed by atoms with Crippen LogP contribution in [-0.4, -0.2) is 29.4 Å². The van der Waals surface area contributed by atoms with Gasteiger partial charge in [-0.05, 0) is 85.9 Å². The van der Waals surface area contributed by atoms with E-state index in [-0.39, 0.29) is 11.8 Å². The van der Waals surface area contributed by atoms with Crippen molar-refractivity contribution in [3.8, 4) is 0 Å². The Labute approximate surface area is 247 Å². The Bertz CT molecular complexity index is 1380. The van der Waals surface area contributed by atoms with Crippen molar-refractivity contribution in [3.63, 3.8) is 0 Å². The van der Waals surface area contributed by atoms with E-state index in [2.05, 4.69) is 55.2 Å². The number of fused-ring (bicyclic) bond motifs is 1. The van der Waals surface area contributed by atoms with E-state index in [1.165, 1.54) is 55.0 Å². The third-order valence-electron chi connectivity index (χ3n) is 7.65. The van der Waals surface area contributed by atoms with Crippen molar-refractivity contribution in [3.05, 3.63) is 99.5 Å². The summed E-state index contributed by atoms with van der Waals surface area (Å²) in [5.41, 5.74) is 6.01. The number of nitrogens with one attached hydrogen (secondary N) is 1. The largest absolute Gasteiger partial charge is 0.352 e. The topological polar surface area (TPSA) is 49.4 Å². The zero-order chi connectivity index (χ0) is 27.9. The first-order valence-corrected chi connectivity index (χ1v) is 16.2. The molecule has 2 amide bonds. The van der Waals surface area contributed by atoms with Crippen molar-refractivity contribution < 1.29 is 9.59 Å². The summed E-state index contributed by atoms with van der Waals surface area (Å²) in [6.45, 7) is 5.40. The lowest BCUT2D eigenvalue weighted by Crippen LogP contribution is -2.34. The molecule has 1 N–H and O–H groups in total. The van der Waals surface area contributed by atoms with Crippen LogP contribution in [0.3, 0.4) is 0 Å². The van der Waals surface area contributed by atoms with Gasteiger partial charge in [-0.2, -0.15) is 11.8 Å². The van der Waals surface area contributed by atoms with Crippen molar-refractivity contribution in [1.29, 1.82) is 0 Å². The van der Waals surface area contributed by atoms with E-state index >= 15 is 0 Å². The van der Waals surface area contributed by atoms with Crippen LogP contribution in [0.5, 0.6) is 0 Å². The van der Waals surface area contributed by atoms with Crippen molar-refractivity contribution in [1.82, 2.24) is 5.32 Å². The van der Waals surface area contributed by atoms with Crippen LogP contribution in [0.2, 0.25) is 0 Å². The van der Waals surface area contributed by atoms with Gasteiger partial charge in [0.1, 0.15) is 0 Å². The van der Waals surface area contributed by atoms with Gasteiger partial charge in [-0.3, -0.25) is 9.59 Å². The maximum Gasteiger partial charge on any atom is 0.265 e. The maximum absolute atomic E-state index is 13.7. The third kappa shape index (κ3) is 7.21. The Balaban J connectivity index is 1.22. The normalized spacial score (nSPS) is 16.7. The van der Waals surface area contributed by atoms with Gasteiger partial charge in [-0.15, -0.1) is 0 Å². The number of thioether (sulfide) groups is 2. The second kappa shape index (κ2) is 13.6. The summed E-state index contributed by atoms with van der Waals surface area (Å²) in [7, 11) is 0. The van der Waals surface area contributed by atoms with Crippen LogP contribution in [0.25, 0.3) is 6.08 Å². The van der Waals surface area contributed by atoms with Crippen LogP contribution < -0.4 is 10.2 Å². The predicted molar refractivity (Wildman–Crippen MR) is 170 cm³/mol. The van der Waals surface area contributed by atoms with Gasteiger partial charge < -0.3 is 10.2 Å². The second-order valence-corrected chi connectivity index (χ2v) is 13.3. The summed E-state index contributed by atoms with van der Waals surface area (Å²) in [5.74, 6) is 1.06. The van der Waals surface area contributed by atoms with Gasteiger partial charge in [-0.1, -0.05) is 79.1 Å². The first kappa shape index (κ1) is 28.6. The minimum absolute atomic E-state index is 0.00229. The van der Waals surface area contributed by atoms with E-state index in [1.807, 2.05) is 53.4 Å². The van der Waals surface area contributed by atoms with Gasteiger partial charge in [0.05, 0.1) is 17.1 Å². The standard InChI is InChI=1S/C34H38N2O2S2/c1-24-13-14-25(2)28(21-24)23-36-30-11-6-7-12-31(30)40-32(34(36)38)22-26-15-17-27(18-16-26)33(37)35-19-8-20-39-29-9-4-3-5-10-29/h6-7,11-18,21-22,29H,3-5,8-10,19-20,23H2,1-2H3,(H,35,37). The van der Waals surface area contributed by atoms with E-state index in [1.54, 1.807) is 0 Å². The summed E-state index contributed by atoms with van der Waals surface area (Å²) in [5, 5.41) is 3.87. The highest BCUT2D eigenvalue weighted by Crippen LogP contribution is 2.42. The number of hydrogen-bond acceptors (Lipinski definition) is 4. The number of carbonyl (C=O) groups excluding carboxylic acids is 2. The average molecular weight is 571 g/mol. The molecule has 1 aliphatic heterocycles. The quantitative estimate of drug-likeness (QED) is 0.208. The second-order valence-electron chi connectivity index (χ2n) is 10.8. The molecule has 5 rings (SSSR count). The summed E-state index contributed by atoms with van der Waals surface area (Å²) in [4.78, 5) is 30.0. The van der Waals surface area contributed by atoms with Crippen molar-refractivity contribution >= 4 is 47.1 Å². The number of carbonyl (C=O) groups is 2. The molecule has 3 aromatic rings. The van der Waals surface area contributed by atoms with Gasteiger partial charge in [0.2, 0.25) is 0 Å². The fourth-order valence-electron chi connectivity index (χ4n) is 5.30. The zero-order valence-corrected chi connectivity index (χ0v) is 25.1. The smallest absolute Gasteiger partial charge is 0.265 e. The SMILES string of the molecule is Cc1ccc(C)c(CN2C(=O)C(=Cc3ccc(C(=O)NCCCSC4CCCCC4)cc3)Sc3ccccc32)c1. The lowest BCUT2D eigenvalue weighted by Gasteiger charge is -2.31. The number of nitrogens with zero attached hydrogens (tertiary/aromatic N) is 1. The number of hydrogen-bond donors (Lipinski definition) is 1. The Morgan fingerprint density at radius 2 is 1.80 bits per heavy atom. The number of rotatable bonds is 9. The zero-order valence-electron chi connectivity index (χ0n) is 23.4. The molecule has 0 aromatic heterocycles. The molecule has 208 valence electrons. The lowest BCUT2D eigenvalue weighted by atomic mass is 10.0. The van der Waals surface area contributed by atoms with E-state index in [0.717, 1.165) is 39.1 Å². The summed E-state index contributed by atoms with van der Waals surface area (Å²) < 4.78 is 0. The molecule has 1 saturated carbocycles. The number of anilines is 1. The molecule has 0 atom stereocenters. The van der Waals surface area contributed by atoms with Crippen LogP contribution in [0.4, 0.5) is 5.69 Å². The summed E-state index contributed by atoms with van der Waals surface area (Å²) >= 11 is 3.58. The average Bonchev–Trinajstić information content (AvgIpc) is 2.97. The maximum atomic E-state index is 13.7.